The largest absolute Gasteiger partial charge is 0.310 e. The molecule has 0 bridgehead atoms. The van der Waals surface area contributed by atoms with E-state index in [1.807, 2.05) is 6.92 Å². The van der Waals surface area contributed by atoms with Gasteiger partial charge in [-0.2, -0.15) is 21.7 Å². The maximum absolute atomic E-state index is 12.3. The Balaban J connectivity index is 3.61. The molecule has 1 aromatic rings. The second-order valence-corrected chi connectivity index (χ2v) is 6.68. The van der Waals surface area contributed by atoms with E-state index in [9.17, 15) is 13.2 Å². The highest BCUT2D eigenvalue weighted by molar-refractivity contribution is 7.87. The first kappa shape index (κ1) is 16.3. The van der Waals surface area contributed by atoms with Crippen LogP contribution in [0.25, 0.3) is 0 Å². The van der Waals surface area contributed by atoms with Gasteiger partial charge in [-0.1, -0.05) is 37.8 Å². The van der Waals surface area contributed by atoms with Crippen molar-refractivity contribution >= 4 is 47.0 Å². The van der Waals surface area contributed by atoms with Crippen LogP contribution < -0.4 is 4.31 Å². The predicted octanol–water partition coefficient (Wildman–Crippen LogP) is 0.951. The molecule has 0 aliphatic carbocycles. The third kappa shape index (κ3) is 3.04. The number of carbonyl (C=O) groups is 1. The Bertz CT molecular complexity index is 570. The number of aromatic nitrogens is 2. The first-order chi connectivity index (χ1) is 8.77. The van der Waals surface area contributed by atoms with E-state index in [0.717, 1.165) is 12.6 Å². The van der Waals surface area contributed by atoms with Crippen LogP contribution in [-0.2, 0) is 21.4 Å². The van der Waals surface area contributed by atoms with Crippen molar-refractivity contribution in [1.29, 1.82) is 0 Å². The van der Waals surface area contributed by atoms with Crippen LogP contribution in [0.5, 0.6) is 0 Å². The zero-order valence-electron chi connectivity index (χ0n) is 10.7. The lowest BCUT2D eigenvalue weighted by Gasteiger charge is -2.18. The number of nitrogens with zero attached hydrogens (tertiary/aromatic N) is 4. The second kappa shape index (κ2) is 6.12. The van der Waals surface area contributed by atoms with Crippen molar-refractivity contribution in [3.63, 3.8) is 0 Å². The number of hydrogen-bond donors (Lipinski definition) is 1. The predicted molar refractivity (Wildman–Crippen MR) is 76.8 cm³/mol. The van der Waals surface area contributed by atoms with Gasteiger partial charge < -0.3 is 0 Å². The number of carbonyl (C=O) groups excluding carboxylic acids is 1. The molecule has 1 rings (SSSR count). The monoisotopic (exact) mass is 326 g/mol. The van der Waals surface area contributed by atoms with Crippen LogP contribution in [0.1, 0.15) is 19.0 Å². The molecule has 7 nitrogen and oxygen atoms in total. The number of thiol groups is 1. The van der Waals surface area contributed by atoms with Gasteiger partial charge >= 0.3 is 10.2 Å². The highest BCUT2D eigenvalue weighted by Crippen LogP contribution is 2.27. The van der Waals surface area contributed by atoms with Crippen LogP contribution in [0.2, 0.25) is 5.15 Å². The maximum Gasteiger partial charge on any atom is 0.310 e. The Labute approximate surface area is 122 Å². The molecule has 0 aliphatic rings. The standard InChI is InChI=1S/C9H15ClN4O3S2/c1-4-5-7-8(10)11-9(13(18)6-15)14(7)19(16,17)12(2)3/h6,18H,4-5H2,1-3H3. The molecule has 1 aromatic heterocycles. The van der Waals surface area contributed by atoms with Gasteiger partial charge in [0.25, 0.3) is 0 Å². The average Bonchev–Trinajstić information content (AvgIpc) is 2.67. The molecule has 0 aromatic carbocycles. The molecule has 19 heavy (non-hydrogen) atoms. The third-order valence-corrected chi connectivity index (χ3v) is 4.69. The van der Waals surface area contributed by atoms with Crippen LogP contribution in [-0.4, -0.2) is 42.2 Å². The summed E-state index contributed by atoms with van der Waals surface area (Å²) >= 11 is 9.81. The summed E-state index contributed by atoms with van der Waals surface area (Å²) in [6.45, 7) is 1.88. The smallest absolute Gasteiger partial charge is 0.277 e. The maximum atomic E-state index is 12.3. The van der Waals surface area contributed by atoms with Gasteiger partial charge in [-0.25, -0.2) is 4.31 Å². The van der Waals surface area contributed by atoms with Gasteiger partial charge in [0.05, 0.1) is 5.69 Å². The Kier molecular flexibility index (Phi) is 5.25. The van der Waals surface area contributed by atoms with Crippen LogP contribution in [0.15, 0.2) is 0 Å². The number of amides is 1. The van der Waals surface area contributed by atoms with Crippen LogP contribution >= 0.6 is 24.4 Å². The normalized spacial score (nSPS) is 11.9. The second-order valence-electron chi connectivity index (χ2n) is 3.90. The lowest BCUT2D eigenvalue weighted by Crippen LogP contribution is -2.32. The Morgan fingerprint density at radius 3 is 2.47 bits per heavy atom. The molecule has 1 amide bonds. The van der Waals surface area contributed by atoms with Crippen molar-refractivity contribution in [2.75, 3.05) is 18.4 Å². The van der Waals surface area contributed by atoms with Crippen molar-refractivity contribution in [2.24, 2.45) is 0 Å². The summed E-state index contributed by atoms with van der Waals surface area (Å²) in [5.74, 6) is -0.152. The summed E-state index contributed by atoms with van der Waals surface area (Å²) in [5.41, 5.74) is 0.328. The lowest BCUT2D eigenvalue weighted by atomic mass is 10.3. The van der Waals surface area contributed by atoms with Crippen LogP contribution in [0, 0.1) is 0 Å². The minimum atomic E-state index is -3.84. The summed E-state index contributed by atoms with van der Waals surface area (Å²) < 4.78 is 27.3. The van der Waals surface area contributed by atoms with Crippen molar-refractivity contribution in [3.05, 3.63) is 10.8 Å². The minimum absolute atomic E-state index is 0.0446. The fourth-order valence-corrected chi connectivity index (χ4v) is 3.06. The summed E-state index contributed by atoms with van der Waals surface area (Å²) in [6, 6.07) is 0. The van der Waals surface area contributed by atoms with Crippen LogP contribution in [0.3, 0.4) is 0 Å². The summed E-state index contributed by atoms with van der Waals surface area (Å²) in [7, 11) is -1.08. The average molecular weight is 327 g/mol. The van der Waals surface area contributed by atoms with Crippen LogP contribution in [0.4, 0.5) is 5.95 Å². The highest BCUT2D eigenvalue weighted by Gasteiger charge is 2.29. The first-order valence-corrected chi connectivity index (χ1v) is 7.58. The molecule has 0 atom stereocenters. The topological polar surface area (TPSA) is 75.5 Å². The SMILES string of the molecule is CCCc1c(Cl)nc(N(S)C=O)n1S(=O)(=O)N(C)C. The fourth-order valence-electron chi connectivity index (χ4n) is 1.44. The van der Waals surface area contributed by atoms with Gasteiger partial charge in [-0.15, -0.1) is 0 Å². The molecular weight excluding hydrogens is 312 g/mol. The van der Waals surface area contributed by atoms with Gasteiger partial charge in [-0.3, -0.25) is 4.79 Å². The number of halogens is 1. The van der Waals surface area contributed by atoms with Gasteiger partial charge in [0, 0.05) is 14.1 Å². The van der Waals surface area contributed by atoms with Gasteiger partial charge in [0.15, 0.2) is 5.15 Å². The number of imidazole rings is 1. The summed E-state index contributed by atoms with van der Waals surface area (Å²) in [6.07, 6.45) is 1.44. The Hall–Kier alpha value is -0.770. The van der Waals surface area contributed by atoms with Crippen molar-refractivity contribution < 1.29 is 13.2 Å². The first-order valence-electron chi connectivity index (χ1n) is 5.40. The molecule has 0 fully saturated rings. The molecule has 0 spiro atoms. The molecule has 0 radical (unpaired) electrons. The van der Waals surface area contributed by atoms with E-state index in [-0.39, 0.29) is 11.1 Å². The summed E-state index contributed by atoms with van der Waals surface area (Å²) in [5, 5.41) is 0.0446. The van der Waals surface area contributed by atoms with Crippen molar-refractivity contribution in [3.8, 4) is 0 Å². The Morgan fingerprint density at radius 2 is 2.05 bits per heavy atom. The molecule has 108 valence electrons. The highest BCUT2D eigenvalue weighted by atomic mass is 35.5. The third-order valence-electron chi connectivity index (χ3n) is 2.35. The van der Waals surface area contributed by atoms with Gasteiger partial charge in [0.2, 0.25) is 12.4 Å². The molecule has 10 heteroatoms. The molecule has 0 saturated heterocycles. The molecule has 0 aliphatic heterocycles. The van der Waals surface area contributed by atoms with E-state index >= 15 is 0 Å². The molecule has 0 saturated carbocycles. The van der Waals surface area contributed by atoms with Crippen molar-refractivity contribution in [1.82, 2.24) is 13.3 Å². The van der Waals surface area contributed by atoms with E-state index in [1.165, 1.54) is 14.1 Å². The molecule has 0 N–H and O–H groups in total. The zero-order valence-corrected chi connectivity index (χ0v) is 13.2. The van der Waals surface area contributed by atoms with E-state index < -0.39 is 10.2 Å². The van der Waals surface area contributed by atoms with Crippen molar-refractivity contribution in [2.45, 2.75) is 19.8 Å². The molecule has 0 unspecified atom stereocenters. The van der Waals surface area contributed by atoms with Gasteiger partial charge in [0.1, 0.15) is 0 Å². The van der Waals surface area contributed by atoms with E-state index in [0.29, 0.717) is 24.9 Å². The quantitative estimate of drug-likeness (QED) is 0.624. The van der Waals surface area contributed by atoms with E-state index in [4.69, 9.17) is 11.6 Å². The number of rotatable bonds is 6. The summed E-state index contributed by atoms with van der Waals surface area (Å²) in [4.78, 5) is 14.7. The molecular formula is C9H15ClN4O3S2. The fraction of sp³-hybridized carbons (Fsp3) is 0.556. The lowest BCUT2D eigenvalue weighted by molar-refractivity contribution is -0.106. The van der Waals surface area contributed by atoms with E-state index in [1.54, 1.807) is 0 Å². The number of anilines is 1. The molecule has 1 heterocycles. The Morgan fingerprint density at radius 1 is 1.47 bits per heavy atom. The van der Waals surface area contributed by atoms with Gasteiger partial charge in [-0.05, 0) is 6.42 Å². The zero-order chi connectivity index (χ0) is 14.8. The number of hydrogen-bond acceptors (Lipinski definition) is 5. The van der Waals surface area contributed by atoms with E-state index in [2.05, 4.69) is 17.8 Å². The minimum Gasteiger partial charge on any atom is -0.277 e.